The number of anilines is 1. The van der Waals surface area contributed by atoms with Crippen LogP contribution in [0.15, 0.2) is 34.8 Å². The zero-order valence-corrected chi connectivity index (χ0v) is 14.5. The van der Waals surface area contributed by atoms with Crippen LogP contribution in [0.4, 0.5) is 5.69 Å². The van der Waals surface area contributed by atoms with Gasteiger partial charge in [-0.2, -0.15) is 0 Å². The third kappa shape index (κ3) is 3.83. The van der Waals surface area contributed by atoms with Crippen LogP contribution in [-0.4, -0.2) is 14.2 Å². The smallest absolute Gasteiger partial charge is 0.174 e. The van der Waals surface area contributed by atoms with Crippen molar-refractivity contribution in [2.24, 2.45) is 0 Å². The van der Waals surface area contributed by atoms with Crippen LogP contribution in [0.2, 0.25) is 5.02 Å². The van der Waals surface area contributed by atoms with Crippen LogP contribution in [0.5, 0.6) is 11.5 Å². The molecule has 0 saturated carbocycles. The molecular formula is C16H17BrClNO2. The quantitative estimate of drug-likeness (QED) is 0.800. The van der Waals surface area contributed by atoms with E-state index in [1.54, 1.807) is 14.2 Å². The normalized spacial score (nSPS) is 10.3. The SMILES string of the molecule is COc1cc(CNc2cc(C)ccc2Cl)cc(Br)c1OC. The lowest BCUT2D eigenvalue weighted by molar-refractivity contribution is 0.352. The van der Waals surface area contributed by atoms with Crippen molar-refractivity contribution in [1.82, 2.24) is 0 Å². The Balaban J connectivity index is 2.20. The molecule has 0 aliphatic carbocycles. The zero-order chi connectivity index (χ0) is 15.4. The predicted molar refractivity (Wildman–Crippen MR) is 90.8 cm³/mol. The van der Waals surface area contributed by atoms with E-state index in [0.29, 0.717) is 23.1 Å². The Labute approximate surface area is 138 Å². The number of halogens is 2. The van der Waals surface area contributed by atoms with Crippen LogP contribution in [0.25, 0.3) is 0 Å². The van der Waals surface area contributed by atoms with E-state index in [1.165, 1.54) is 0 Å². The molecule has 0 spiro atoms. The fourth-order valence-electron chi connectivity index (χ4n) is 2.05. The van der Waals surface area contributed by atoms with Crippen molar-refractivity contribution in [3.63, 3.8) is 0 Å². The summed E-state index contributed by atoms with van der Waals surface area (Å²) in [5, 5.41) is 4.05. The molecule has 0 saturated heterocycles. The fraction of sp³-hybridized carbons (Fsp3) is 0.250. The first-order valence-electron chi connectivity index (χ1n) is 6.45. The lowest BCUT2D eigenvalue weighted by Crippen LogP contribution is -2.02. The van der Waals surface area contributed by atoms with Crippen LogP contribution in [0.1, 0.15) is 11.1 Å². The zero-order valence-electron chi connectivity index (χ0n) is 12.2. The van der Waals surface area contributed by atoms with Crippen molar-refractivity contribution in [2.75, 3.05) is 19.5 Å². The number of aryl methyl sites for hydroxylation is 1. The number of rotatable bonds is 5. The maximum atomic E-state index is 6.18. The minimum Gasteiger partial charge on any atom is -0.493 e. The molecule has 0 bridgehead atoms. The van der Waals surface area contributed by atoms with Crippen LogP contribution in [0.3, 0.4) is 0 Å². The molecule has 1 N–H and O–H groups in total. The van der Waals surface area contributed by atoms with E-state index in [9.17, 15) is 0 Å². The van der Waals surface area contributed by atoms with Gasteiger partial charge in [0.05, 0.1) is 29.4 Å². The van der Waals surface area contributed by atoms with Crippen molar-refractivity contribution in [2.45, 2.75) is 13.5 Å². The predicted octanol–water partition coefficient (Wildman–Crippen LogP) is 5.04. The van der Waals surface area contributed by atoms with Gasteiger partial charge in [-0.15, -0.1) is 0 Å². The van der Waals surface area contributed by atoms with Crippen LogP contribution in [0, 0.1) is 6.92 Å². The Morgan fingerprint density at radius 2 is 1.90 bits per heavy atom. The van der Waals surface area contributed by atoms with E-state index >= 15 is 0 Å². The van der Waals surface area contributed by atoms with Crippen molar-refractivity contribution in [3.8, 4) is 11.5 Å². The van der Waals surface area contributed by atoms with Gasteiger partial charge in [-0.05, 0) is 58.2 Å². The number of methoxy groups -OCH3 is 2. The molecule has 0 amide bonds. The maximum absolute atomic E-state index is 6.18. The molecule has 0 fully saturated rings. The summed E-state index contributed by atoms with van der Waals surface area (Å²) in [6.45, 7) is 2.68. The monoisotopic (exact) mass is 369 g/mol. The Kier molecular flexibility index (Phi) is 5.37. The van der Waals surface area contributed by atoms with Gasteiger partial charge in [-0.25, -0.2) is 0 Å². The van der Waals surface area contributed by atoms with E-state index in [0.717, 1.165) is 21.3 Å². The van der Waals surface area contributed by atoms with Gasteiger partial charge in [0.15, 0.2) is 11.5 Å². The summed E-state index contributed by atoms with van der Waals surface area (Å²) in [7, 11) is 3.24. The highest BCUT2D eigenvalue weighted by Crippen LogP contribution is 2.36. The second-order valence-electron chi connectivity index (χ2n) is 4.65. The maximum Gasteiger partial charge on any atom is 0.174 e. The fourth-order valence-corrected chi connectivity index (χ4v) is 2.88. The molecule has 0 unspecified atom stereocenters. The lowest BCUT2D eigenvalue weighted by Gasteiger charge is -2.14. The van der Waals surface area contributed by atoms with Crippen molar-refractivity contribution < 1.29 is 9.47 Å². The first-order chi connectivity index (χ1) is 10.0. The summed E-state index contributed by atoms with van der Waals surface area (Å²) < 4.78 is 11.5. The highest BCUT2D eigenvalue weighted by molar-refractivity contribution is 9.10. The molecule has 0 aliphatic rings. The molecule has 2 aromatic carbocycles. The Bertz CT molecular complexity index is 646. The van der Waals surface area contributed by atoms with E-state index in [4.69, 9.17) is 21.1 Å². The van der Waals surface area contributed by atoms with E-state index in [2.05, 4.69) is 21.2 Å². The molecule has 0 heterocycles. The summed E-state index contributed by atoms with van der Waals surface area (Å²) in [4.78, 5) is 0. The minimum absolute atomic E-state index is 0.641. The molecule has 3 nitrogen and oxygen atoms in total. The summed E-state index contributed by atoms with van der Waals surface area (Å²) in [5.74, 6) is 1.38. The average molecular weight is 371 g/mol. The van der Waals surface area contributed by atoms with E-state index < -0.39 is 0 Å². The molecule has 0 radical (unpaired) electrons. The van der Waals surface area contributed by atoms with Crippen LogP contribution in [-0.2, 0) is 6.54 Å². The highest BCUT2D eigenvalue weighted by Gasteiger charge is 2.10. The number of nitrogens with one attached hydrogen (secondary N) is 1. The van der Waals surface area contributed by atoms with Crippen LogP contribution < -0.4 is 14.8 Å². The first-order valence-corrected chi connectivity index (χ1v) is 7.62. The number of hydrogen-bond acceptors (Lipinski definition) is 3. The van der Waals surface area contributed by atoms with Gasteiger partial charge >= 0.3 is 0 Å². The molecule has 2 rings (SSSR count). The second kappa shape index (κ2) is 7.05. The molecule has 0 aliphatic heterocycles. The first kappa shape index (κ1) is 16.0. The van der Waals surface area contributed by atoms with Gasteiger partial charge in [0, 0.05) is 6.54 Å². The summed E-state index contributed by atoms with van der Waals surface area (Å²) in [6.07, 6.45) is 0. The topological polar surface area (TPSA) is 30.5 Å². The summed E-state index contributed by atoms with van der Waals surface area (Å²) in [5.41, 5.74) is 3.15. The molecule has 2 aromatic rings. The Morgan fingerprint density at radius 1 is 1.14 bits per heavy atom. The van der Waals surface area contributed by atoms with E-state index in [1.807, 2.05) is 37.3 Å². The van der Waals surface area contributed by atoms with Gasteiger partial charge in [-0.3, -0.25) is 0 Å². The van der Waals surface area contributed by atoms with Crippen molar-refractivity contribution in [1.29, 1.82) is 0 Å². The van der Waals surface area contributed by atoms with Gasteiger partial charge in [0.1, 0.15) is 0 Å². The van der Waals surface area contributed by atoms with Gasteiger partial charge in [0.2, 0.25) is 0 Å². The summed E-state index contributed by atoms with van der Waals surface area (Å²) in [6, 6.07) is 9.85. The molecule has 112 valence electrons. The van der Waals surface area contributed by atoms with Crippen molar-refractivity contribution in [3.05, 3.63) is 51.0 Å². The van der Waals surface area contributed by atoms with Gasteiger partial charge in [0.25, 0.3) is 0 Å². The van der Waals surface area contributed by atoms with Gasteiger partial charge < -0.3 is 14.8 Å². The number of hydrogen-bond donors (Lipinski definition) is 1. The molecule has 5 heteroatoms. The minimum atomic E-state index is 0.641. The van der Waals surface area contributed by atoms with Crippen molar-refractivity contribution >= 4 is 33.2 Å². The standard InChI is InChI=1S/C16H17BrClNO2/c1-10-4-5-13(18)14(6-10)19-9-11-7-12(17)16(21-3)15(8-11)20-2/h4-8,19H,9H2,1-3H3. The molecule has 0 atom stereocenters. The molecule has 21 heavy (non-hydrogen) atoms. The second-order valence-corrected chi connectivity index (χ2v) is 5.91. The largest absolute Gasteiger partial charge is 0.493 e. The van der Waals surface area contributed by atoms with E-state index in [-0.39, 0.29) is 0 Å². The number of ether oxygens (including phenoxy) is 2. The number of benzene rings is 2. The third-order valence-corrected chi connectivity index (χ3v) is 4.02. The highest BCUT2D eigenvalue weighted by atomic mass is 79.9. The van der Waals surface area contributed by atoms with Gasteiger partial charge in [-0.1, -0.05) is 17.7 Å². The lowest BCUT2D eigenvalue weighted by atomic mass is 10.1. The van der Waals surface area contributed by atoms with Crippen LogP contribution >= 0.6 is 27.5 Å². The molecule has 0 aromatic heterocycles. The average Bonchev–Trinajstić information content (AvgIpc) is 2.47. The Morgan fingerprint density at radius 3 is 2.57 bits per heavy atom. The molecular weight excluding hydrogens is 354 g/mol. The summed E-state index contributed by atoms with van der Waals surface area (Å²) >= 11 is 9.68. The Hall–Kier alpha value is -1.39. The third-order valence-electron chi connectivity index (χ3n) is 3.10.